The van der Waals surface area contributed by atoms with E-state index in [0.29, 0.717) is 0 Å². The van der Waals surface area contributed by atoms with Gasteiger partial charge in [0.2, 0.25) is 5.69 Å². The minimum Gasteiger partial charge on any atom is -0.181 e. The van der Waals surface area contributed by atoms with Crippen LogP contribution in [0.2, 0.25) is 10.2 Å². The average Bonchev–Trinajstić information content (AvgIpc) is 2.38. The highest BCUT2D eigenvalue weighted by molar-refractivity contribution is 6.34. The first-order valence-electron chi connectivity index (χ1n) is 6.62. The van der Waals surface area contributed by atoms with E-state index in [0.717, 1.165) is 29.6 Å². The molecule has 1 aliphatic heterocycles. The topological polar surface area (TPSA) is 3.88 Å². The van der Waals surface area contributed by atoms with Gasteiger partial charge in [0.05, 0.1) is 5.02 Å². The molecule has 0 N–H and O–H groups in total. The summed E-state index contributed by atoms with van der Waals surface area (Å²) in [6, 6.07) is 8.49. The van der Waals surface area contributed by atoms with E-state index < -0.39 is 0 Å². The zero-order valence-corrected chi connectivity index (χ0v) is 12.6. The van der Waals surface area contributed by atoms with Crippen LogP contribution in [-0.4, -0.2) is 0 Å². The number of hydrogen-bond donors (Lipinski definition) is 0. The van der Waals surface area contributed by atoms with E-state index in [4.69, 9.17) is 23.2 Å². The minimum absolute atomic E-state index is 0.725. The summed E-state index contributed by atoms with van der Waals surface area (Å²) in [4.78, 5) is 0. The van der Waals surface area contributed by atoms with Gasteiger partial charge in [-0.1, -0.05) is 36.2 Å². The van der Waals surface area contributed by atoms with E-state index in [-0.39, 0.29) is 0 Å². The molecule has 0 unspecified atom stereocenters. The molecular weight excluding hydrogens is 277 g/mol. The fourth-order valence-corrected chi connectivity index (χ4v) is 3.57. The van der Waals surface area contributed by atoms with E-state index in [1.165, 1.54) is 27.9 Å². The van der Waals surface area contributed by atoms with Crippen molar-refractivity contribution in [3.63, 3.8) is 0 Å². The zero-order valence-electron chi connectivity index (χ0n) is 11.1. The van der Waals surface area contributed by atoms with Crippen molar-refractivity contribution in [2.24, 2.45) is 0 Å². The SMILES string of the molecule is CCc1c(Cl)cc(Cl)[n+]2c1-c1ccc(C)cc1CC2. The summed E-state index contributed by atoms with van der Waals surface area (Å²) in [5.41, 5.74) is 6.36. The highest BCUT2D eigenvalue weighted by Gasteiger charge is 2.29. The number of pyridine rings is 1. The maximum absolute atomic E-state index is 6.37. The Balaban J connectivity index is 2.35. The first-order chi connectivity index (χ1) is 9.11. The van der Waals surface area contributed by atoms with Gasteiger partial charge in [-0.2, -0.15) is 4.57 Å². The third kappa shape index (κ3) is 2.05. The number of nitrogens with zero attached hydrogens (tertiary/aromatic N) is 1. The van der Waals surface area contributed by atoms with Crippen LogP contribution in [-0.2, 0) is 19.4 Å². The van der Waals surface area contributed by atoms with Crippen LogP contribution in [0.25, 0.3) is 11.3 Å². The monoisotopic (exact) mass is 292 g/mol. The van der Waals surface area contributed by atoms with Crippen molar-refractivity contribution >= 4 is 23.2 Å². The fraction of sp³-hybridized carbons (Fsp3) is 0.312. The van der Waals surface area contributed by atoms with Crippen LogP contribution >= 0.6 is 23.2 Å². The van der Waals surface area contributed by atoms with E-state index in [9.17, 15) is 0 Å². The smallest absolute Gasteiger partial charge is 0.181 e. The second-order valence-electron chi connectivity index (χ2n) is 5.06. The van der Waals surface area contributed by atoms with Crippen molar-refractivity contribution in [1.82, 2.24) is 0 Å². The summed E-state index contributed by atoms with van der Waals surface area (Å²) in [5, 5.41) is 1.50. The van der Waals surface area contributed by atoms with Crippen LogP contribution < -0.4 is 4.57 Å². The average molecular weight is 293 g/mol. The number of rotatable bonds is 1. The number of aromatic nitrogens is 1. The number of aryl methyl sites for hydroxylation is 2. The molecule has 0 amide bonds. The predicted octanol–water partition coefficient (Wildman–Crippen LogP) is 4.37. The molecular formula is C16H16Cl2N+. The molecule has 3 rings (SSSR count). The summed E-state index contributed by atoms with van der Waals surface area (Å²) in [6.07, 6.45) is 1.94. The molecule has 0 saturated carbocycles. The molecule has 0 aliphatic carbocycles. The second-order valence-corrected chi connectivity index (χ2v) is 5.85. The van der Waals surface area contributed by atoms with Crippen molar-refractivity contribution in [3.05, 3.63) is 51.1 Å². The Bertz CT molecular complexity index is 642. The van der Waals surface area contributed by atoms with Gasteiger partial charge < -0.3 is 0 Å². The Morgan fingerprint density at radius 3 is 2.74 bits per heavy atom. The van der Waals surface area contributed by atoms with Crippen molar-refractivity contribution in [2.45, 2.75) is 33.2 Å². The molecule has 1 aromatic carbocycles. The largest absolute Gasteiger partial charge is 0.276 e. The lowest BCUT2D eigenvalue weighted by molar-refractivity contribution is -0.685. The highest BCUT2D eigenvalue weighted by Crippen LogP contribution is 2.34. The molecule has 1 aromatic heterocycles. The predicted molar refractivity (Wildman–Crippen MR) is 79.9 cm³/mol. The molecule has 1 aliphatic rings. The summed E-state index contributed by atoms with van der Waals surface area (Å²) in [7, 11) is 0. The molecule has 98 valence electrons. The normalized spacial score (nSPS) is 13.1. The molecule has 0 atom stereocenters. The Hall–Kier alpha value is -1.05. The first kappa shape index (κ1) is 13.0. The molecule has 2 aromatic rings. The molecule has 0 fully saturated rings. The summed E-state index contributed by atoms with van der Waals surface area (Å²) >= 11 is 12.7. The van der Waals surface area contributed by atoms with Gasteiger partial charge in [0.1, 0.15) is 0 Å². The van der Waals surface area contributed by atoms with E-state index in [1.54, 1.807) is 0 Å². The van der Waals surface area contributed by atoms with E-state index in [1.807, 2.05) is 6.07 Å². The summed E-state index contributed by atoms with van der Waals surface area (Å²) in [5.74, 6) is 0. The van der Waals surface area contributed by atoms with Gasteiger partial charge in [-0.3, -0.25) is 0 Å². The molecule has 0 spiro atoms. The summed E-state index contributed by atoms with van der Waals surface area (Å²) < 4.78 is 2.18. The van der Waals surface area contributed by atoms with Crippen molar-refractivity contribution in [3.8, 4) is 11.3 Å². The molecule has 2 heterocycles. The number of halogens is 2. The number of hydrogen-bond acceptors (Lipinski definition) is 0. The Morgan fingerprint density at radius 2 is 2.00 bits per heavy atom. The van der Waals surface area contributed by atoms with Gasteiger partial charge in [0.25, 0.3) is 5.15 Å². The number of benzene rings is 1. The van der Waals surface area contributed by atoms with Crippen LogP contribution in [0, 0.1) is 6.92 Å². The molecule has 0 radical (unpaired) electrons. The fourth-order valence-electron chi connectivity index (χ4n) is 2.91. The number of fused-ring (bicyclic) bond motifs is 3. The van der Waals surface area contributed by atoms with Gasteiger partial charge in [0, 0.05) is 23.6 Å². The lowest BCUT2D eigenvalue weighted by Crippen LogP contribution is -2.42. The standard InChI is InChI=1S/C16H16Cl2N/c1-3-12-14(17)9-15(18)19-7-6-11-8-10(2)4-5-13(11)16(12)19/h4-5,8-9H,3,6-7H2,1-2H3/q+1. The third-order valence-corrected chi connectivity index (χ3v) is 4.47. The van der Waals surface area contributed by atoms with Crippen LogP contribution in [0.15, 0.2) is 24.3 Å². The van der Waals surface area contributed by atoms with Crippen LogP contribution in [0.5, 0.6) is 0 Å². The molecule has 19 heavy (non-hydrogen) atoms. The van der Waals surface area contributed by atoms with Crippen molar-refractivity contribution < 1.29 is 4.57 Å². The lowest BCUT2D eigenvalue weighted by atomic mass is 9.92. The van der Waals surface area contributed by atoms with Gasteiger partial charge >= 0.3 is 0 Å². The molecule has 3 heteroatoms. The van der Waals surface area contributed by atoms with Gasteiger partial charge in [-0.25, -0.2) is 0 Å². The minimum atomic E-state index is 0.725. The molecule has 0 bridgehead atoms. The maximum Gasteiger partial charge on any atom is 0.276 e. The van der Waals surface area contributed by atoms with Crippen molar-refractivity contribution in [2.75, 3.05) is 0 Å². The third-order valence-electron chi connectivity index (χ3n) is 3.82. The van der Waals surface area contributed by atoms with Crippen LogP contribution in [0.3, 0.4) is 0 Å². The Labute approximate surface area is 123 Å². The highest BCUT2D eigenvalue weighted by atomic mass is 35.5. The Kier molecular flexibility index (Phi) is 3.28. The second kappa shape index (κ2) is 4.81. The lowest BCUT2D eigenvalue weighted by Gasteiger charge is -2.19. The van der Waals surface area contributed by atoms with Crippen molar-refractivity contribution in [1.29, 1.82) is 0 Å². The van der Waals surface area contributed by atoms with Gasteiger partial charge in [0.15, 0.2) is 6.54 Å². The maximum atomic E-state index is 6.37. The quantitative estimate of drug-likeness (QED) is 0.543. The van der Waals surface area contributed by atoms with Gasteiger partial charge in [-0.05, 0) is 36.6 Å². The zero-order chi connectivity index (χ0) is 13.6. The van der Waals surface area contributed by atoms with Crippen LogP contribution in [0.4, 0.5) is 0 Å². The first-order valence-corrected chi connectivity index (χ1v) is 7.38. The Morgan fingerprint density at radius 1 is 1.21 bits per heavy atom. The molecule has 0 saturated heterocycles. The van der Waals surface area contributed by atoms with Gasteiger partial charge in [-0.15, -0.1) is 0 Å². The van der Waals surface area contributed by atoms with E-state index in [2.05, 4.69) is 36.6 Å². The van der Waals surface area contributed by atoms with E-state index >= 15 is 0 Å². The molecule has 1 nitrogen and oxygen atoms in total. The summed E-state index contributed by atoms with van der Waals surface area (Å²) in [6.45, 7) is 5.20. The van der Waals surface area contributed by atoms with Crippen LogP contribution in [0.1, 0.15) is 23.6 Å².